The molecule has 0 aliphatic heterocycles. The smallest absolute Gasteiger partial charge is 0.330 e. The third-order valence-corrected chi connectivity index (χ3v) is 2.23. The van der Waals surface area contributed by atoms with Crippen molar-refractivity contribution < 1.29 is 4.92 Å². The summed E-state index contributed by atoms with van der Waals surface area (Å²) in [5, 5.41) is 14.4. The van der Waals surface area contributed by atoms with Gasteiger partial charge in [-0.3, -0.25) is 10.1 Å². The maximum Gasteiger partial charge on any atom is 0.330 e. The fourth-order valence-corrected chi connectivity index (χ4v) is 1.41. The van der Waals surface area contributed by atoms with Gasteiger partial charge in [0.2, 0.25) is 5.82 Å². The first-order valence-electron chi connectivity index (χ1n) is 4.68. The molecule has 0 fully saturated rings. The Balaban J connectivity index is 2.26. The molecule has 6 heteroatoms. The molecule has 0 saturated heterocycles. The molecule has 0 aliphatic carbocycles. The van der Waals surface area contributed by atoms with Gasteiger partial charge in [-0.2, -0.15) is 5.10 Å². The van der Waals surface area contributed by atoms with Crippen molar-refractivity contribution >= 4 is 11.5 Å². The minimum absolute atomic E-state index is 0.0776. The van der Waals surface area contributed by atoms with Crippen LogP contribution < -0.4 is 5.73 Å². The van der Waals surface area contributed by atoms with E-state index in [2.05, 4.69) is 5.10 Å². The molecular formula is C10H10N4O2. The van der Waals surface area contributed by atoms with E-state index in [1.165, 1.54) is 4.68 Å². The van der Waals surface area contributed by atoms with Crippen molar-refractivity contribution in [2.75, 3.05) is 5.73 Å². The van der Waals surface area contributed by atoms with Gasteiger partial charge < -0.3 is 5.73 Å². The molecule has 2 rings (SSSR count). The Bertz CT molecular complexity index is 507. The van der Waals surface area contributed by atoms with Crippen LogP contribution in [0.25, 0.3) is 0 Å². The topological polar surface area (TPSA) is 87.0 Å². The van der Waals surface area contributed by atoms with Crippen molar-refractivity contribution in [1.82, 2.24) is 9.78 Å². The zero-order valence-corrected chi connectivity index (χ0v) is 8.41. The maximum absolute atomic E-state index is 10.6. The number of benzene rings is 1. The van der Waals surface area contributed by atoms with Crippen LogP contribution in [0.3, 0.4) is 0 Å². The summed E-state index contributed by atoms with van der Waals surface area (Å²) < 4.78 is 1.41. The van der Waals surface area contributed by atoms with Gasteiger partial charge in [-0.1, -0.05) is 30.3 Å². The van der Waals surface area contributed by atoms with Gasteiger partial charge in [0, 0.05) is 0 Å². The lowest BCUT2D eigenvalue weighted by Gasteiger charge is -2.02. The average Bonchev–Trinajstić information content (AvgIpc) is 2.62. The molecule has 0 unspecified atom stereocenters. The molecule has 2 N–H and O–H groups in total. The quantitative estimate of drug-likeness (QED) is 0.623. The van der Waals surface area contributed by atoms with Crippen LogP contribution >= 0.6 is 0 Å². The van der Waals surface area contributed by atoms with Gasteiger partial charge in [0.25, 0.3) is 0 Å². The molecule has 0 bridgehead atoms. The van der Waals surface area contributed by atoms with Crippen LogP contribution in [0, 0.1) is 10.1 Å². The second-order valence-corrected chi connectivity index (χ2v) is 3.32. The van der Waals surface area contributed by atoms with E-state index in [0.717, 1.165) is 11.8 Å². The number of anilines is 1. The van der Waals surface area contributed by atoms with Gasteiger partial charge >= 0.3 is 5.69 Å². The molecule has 1 heterocycles. The summed E-state index contributed by atoms with van der Waals surface area (Å²) in [5.74, 6) is 0.0776. The number of hydrogen-bond donors (Lipinski definition) is 1. The number of nitrogens with two attached hydrogens (primary N) is 1. The molecule has 0 saturated carbocycles. The van der Waals surface area contributed by atoms with E-state index >= 15 is 0 Å². The van der Waals surface area contributed by atoms with Crippen molar-refractivity contribution in [3.05, 3.63) is 52.2 Å². The highest BCUT2D eigenvalue weighted by atomic mass is 16.6. The highest BCUT2D eigenvalue weighted by Crippen LogP contribution is 2.20. The van der Waals surface area contributed by atoms with Gasteiger partial charge in [-0.25, -0.2) is 4.68 Å². The van der Waals surface area contributed by atoms with Gasteiger partial charge in [-0.15, -0.1) is 0 Å². The van der Waals surface area contributed by atoms with Crippen molar-refractivity contribution in [2.45, 2.75) is 6.54 Å². The van der Waals surface area contributed by atoms with Crippen LogP contribution in [0.15, 0.2) is 36.5 Å². The van der Waals surface area contributed by atoms with E-state index in [-0.39, 0.29) is 11.5 Å². The molecule has 0 radical (unpaired) electrons. The first-order valence-corrected chi connectivity index (χ1v) is 4.68. The Morgan fingerprint density at radius 3 is 2.62 bits per heavy atom. The Hall–Kier alpha value is -2.37. The molecule has 0 aliphatic rings. The number of nitrogens with zero attached hydrogens (tertiary/aromatic N) is 3. The third kappa shape index (κ3) is 1.85. The number of aromatic nitrogens is 2. The molecule has 6 nitrogen and oxygen atoms in total. The third-order valence-electron chi connectivity index (χ3n) is 2.23. The molecule has 2 aromatic rings. The van der Waals surface area contributed by atoms with Crippen molar-refractivity contribution in [3.63, 3.8) is 0 Å². The predicted octanol–water partition coefficient (Wildman–Crippen LogP) is 1.42. The van der Waals surface area contributed by atoms with Crippen molar-refractivity contribution in [3.8, 4) is 0 Å². The van der Waals surface area contributed by atoms with Crippen molar-refractivity contribution in [1.29, 1.82) is 0 Å². The number of hydrogen-bond acceptors (Lipinski definition) is 4. The van der Waals surface area contributed by atoms with E-state index in [9.17, 15) is 10.1 Å². The summed E-state index contributed by atoms with van der Waals surface area (Å²) in [7, 11) is 0. The van der Waals surface area contributed by atoms with Gasteiger partial charge in [0.05, 0.1) is 11.5 Å². The van der Waals surface area contributed by atoms with E-state index in [4.69, 9.17) is 5.73 Å². The minimum Gasteiger partial charge on any atom is -0.378 e. The van der Waals surface area contributed by atoms with E-state index in [0.29, 0.717) is 6.54 Å². The Morgan fingerprint density at radius 2 is 2.06 bits per heavy atom. The van der Waals surface area contributed by atoms with E-state index < -0.39 is 4.92 Å². The summed E-state index contributed by atoms with van der Waals surface area (Å²) >= 11 is 0. The maximum atomic E-state index is 10.6. The SMILES string of the molecule is Nc1c([N+](=O)[O-])cnn1Cc1ccccc1. The summed E-state index contributed by atoms with van der Waals surface area (Å²) in [6, 6.07) is 9.51. The van der Waals surface area contributed by atoms with E-state index in [1.807, 2.05) is 30.3 Å². The predicted molar refractivity (Wildman–Crippen MR) is 58.8 cm³/mol. The normalized spacial score (nSPS) is 10.2. The first-order chi connectivity index (χ1) is 7.68. The first kappa shape index (κ1) is 10.2. The minimum atomic E-state index is -0.538. The molecule has 16 heavy (non-hydrogen) atoms. The lowest BCUT2D eigenvalue weighted by molar-refractivity contribution is -0.384. The summed E-state index contributed by atoms with van der Waals surface area (Å²) in [5.41, 5.74) is 6.45. The zero-order valence-electron chi connectivity index (χ0n) is 8.41. The molecule has 1 aromatic heterocycles. The van der Waals surface area contributed by atoms with Crippen LogP contribution in [0.5, 0.6) is 0 Å². The molecule has 0 amide bonds. The number of nitro groups is 1. The fourth-order valence-electron chi connectivity index (χ4n) is 1.41. The molecule has 82 valence electrons. The number of rotatable bonds is 3. The lowest BCUT2D eigenvalue weighted by Crippen LogP contribution is -2.06. The highest BCUT2D eigenvalue weighted by Gasteiger charge is 2.17. The van der Waals surface area contributed by atoms with Gasteiger partial charge in [0.15, 0.2) is 0 Å². The Labute approximate surface area is 91.5 Å². The monoisotopic (exact) mass is 218 g/mol. The van der Waals surface area contributed by atoms with Gasteiger partial charge in [0.1, 0.15) is 6.20 Å². The largest absolute Gasteiger partial charge is 0.378 e. The Kier molecular flexibility index (Phi) is 2.55. The fraction of sp³-hybridized carbons (Fsp3) is 0.100. The summed E-state index contributed by atoms with van der Waals surface area (Å²) in [4.78, 5) is 10.0. The van der Waals surface area contributed by atoms with Crippen LogP contribution in [-0.4, -0.2) is 14.7 Å². The van der Waals surface area contributed by atoms with E-state index in [1.54, 1.807) is 0 Å². The second kappa shape index (κ2) is 4.01. The lowest BCUT2D eigenvalue weighted by atomic mass is 10.2. The standard InChI is InChI=1S/C10H10N4O2/c11-10-9(14(15)16)6-12-13(10)7-8-4-2-1-3-5-8/h1-6H,7,11H2. The average molecular weight is 218 g/mol. The Morgan fingerprint density at radius 1 is 1.38 bits per heavy atom. The second-order valence-electron chi connectivity index (χ2n) is 3.32. The molecular weight excluding hydrogens is 208 g/mol. The van der Waals surface area contributed by atoms with Crippen LogP contribution in [-0.2, 0) is 6.54 Å². The zero-order chi connectivity index (χ0) is 11.5. The van der Waals surface area contributed by atoms with Crippen LogP contribution in [0.2, 0.25) is 0 Å². The molecule has 1 aromatic carbocycles. The van der Waals surface area contributed by atoms with Crippen molar-refractivity contribution in [2.24, 2.45) is 0 Å². The molecule has 0 atom stereocenters. The highest BCUT2D eigenvalue weighted by molar-refractivity contribution is 5.51. The van der Waals surface area contributed by atoms with Crippen LogP contribution in [0.1, 0.15) is 5.56 Å². The summed E-state index contributed by atoms with van der Waals surface area (Å²) in [6.45, 7) is 0.431. The number of nitrogen functional groups attached to an aromatic ring is 1. The van der Waals surface area contributed by atoms with Crippen LogP contribution in [0.4, 0.5) is 11.5 Å². The van der Waals surface area contributed by atoms with Gasteiger partial charge in [-0.05, 0) is 5.56 Å². The summed E-state index contributed by atoms with van der Waals surface area (Å²) in [6.07, 6.45) is 1.16. The molecule has 0 spiro atoms.